The third-order valence-electron chi connectivity index (χ3n) is 2.52. The van der Waals surface area contributed by atoms with Crippen LogP contribution in [0.1, 0.15) is 46.7 Å². The van der Waals surface area contributed by atoms with Crippen molar-refractivity contribution in [3.63, 3.8) is 0 Å². The summed E-state index contributed by atoms with van der Waals surface area (Å²) in [6.07, 6.45) is 0.903. The quantitative estimate of drug-likeness (QED) is 0.669. The van der Waals surface area contributed by atoms with Gasteiger partial charge in [-0.2, -0.15) is 0 Å². The molecule has 4 nitrogen and oxygen atoms in total. The van der Waals surface area contributed by atoms with Crippen molar-refractivity contribution in [3.8, 4) is 0 Å². The lowest BCUT2D eigenvalue weighted by molar-refractivity contribution is 0.0987. The third kappa shape index (κ3) is 2.91. The SMILES string of the molecule is CCC(=O)c1cc(C(=O)CBr)c(=O)[nH]c1CC. The van der Waals surface area contributed by atoms with E-state index in [0.717, 1.165) is 0 Å². The monoisotopic (exact) mass is 299 g/mol. The van der Waals surface area contributed by atoms with Crippen LogP contribution < -0.4 is 5.56 Å². The van der Waals surface area contributed by atoms with Crippen LogP contribution in [0.4, 0.5) is 0 Å². The Bertz CT molecular complexity index is 505. The molecular weight excluding hydrogens is 286 g/mol. The zero-order valence-electron chi connectivity index (χ0n) is 9.80. The molecule has 0 spiro atoms. The molecule has 0 aromatic carbocycles. The third-order valence-corrected chi connectivity index (χ3v) is 3.03. The number of H-pyrrole nitrogens is 1. The molecule has 0 fully saturated rings. The first-order valence-corrected chi connectivity index (χ1v) is 6.55. The lowest BCUT2D eigenvalue weighted by atomic mass is 10.0. The minimum Gasteiger partial charge on any atom is -0.325 e. The van der Waals surface area contributed by atoms with Crippen molar-refractivity contribution < 1.29 is 9.59 Å². The topological polar surface area (TPSA) is 67.0 Å². The van der Waals surface area contributed by atoms with Gasteiger partial charge in [-0.25, -0.2) is 0 Å². The summed E-state index contributed by atoms with van der Waals surface area (Å²) in [5, 5.41) is 0.0707. The number of hydrogen-bond acceptors (Lipinski definition) is 3. The second-order valence-electron chi connectivity index (χ2n) is 3.59. The number of alkyl halides is 1. The number of Topliss-reactive ketones (excluding diaryl/α,β-unsaturated/α-hetero) is 2. The fourth-order valence-corrected chi connectivity index (χ4v) is 1.87. The second kappa shape index (κ2) is 5.91. The van der Waals surface area contributed by atoms with E-state index in [1.807, 2.05) is 6.92 Å². The maximum absolute atomic E-state index is 11.7. The van der Waals surface area contributed by atoms with Gasteiger partial charge in [-0.15, -0.1) is 0 Å². The minimum absolute atomic E-state index is 0.0378. The number of aryl methyl sites for hydroxylation is 1. The number of carbonyl (C=O) groups excluding carboxylic acids is 2. The Balaban J connectivity index is 3.43. The van der Waals surface area contributed by atoms with Gasteiger partial charge in [0.2, 0.25) is 0 Å². The van der Waals surface area contributed by atoms with Gasteiger partial charge in [0.15, 0.2) is 11.6 Å². The molecule has 0 aliphatic heterocycles. The van der Waals surface area contributed by atoms with Crippen molar-refractivity contribution in [2.45, 2.75) is 26.7 Å². The molecule has 5 heteroatoms. The van der Waals surface area contributed by atoms with E-state index in [9.17, 15) is 14.4 Å². The zero-order valence-corrected chi connectivity index (χ0v) is 11.4. The Kier molecular flexibility index (Phi) is 4.81. The van der Waals surface area contributed by atoms with E-state index in [-0.39, 0.29) is 22.5 Å². The molecule has 0 aliphatic rings. The predicted molar refractivity (Wildman–Crippen MR) is 69.2 cm³/mol. The Morgan fingerprint density at radius 2 is 1.88 bits per heavy atom. The summed E-state index contributed by atoms with van der Waals surface area (Å²) < 4.78 is 0. The standard InChI is InChI=1S/C12H14BrNO3/c1-3-9-7(10(15)4-2)5-8(11(16)6-13)12(17)14-9/h5H,3-4,6H2,1-2H3,(H,14,17). The van der Waals surface area contributed by atoms with Gasteiger partial charge in [0, 0.05) is 17.7 Å². The summed E-state index contributed by atoms with van der Waals surface area (Å²) in [4.78, 5) is 37.5. The average Bonchev–Trinajstić information content (AvgIpc) is 2.36. The van der Waals surface area contributed by atoms with Crippen LogP contribution in [0.25, 0.3) is 0 Å². The van der Waals surface area contributed by atoms with Crippen LogP contribution in [0.5, 0.6) is 0 Å². The summed E-state index contributed by atoms with van der Waals surface area (Å²) in [7, 11) is 0. The molecule has 1 N–H and O–H groups in total. The molecule has 1 aromatic rings. The molecule has 0 radical (unpaired) electrons. The van der Waals surface area contributed by atoms with Crippen molar-refractivity contribution in [1.29, 1.82) is 0 Å². The van der Waals surface area contributed by atoms with E-state index in [1.165, 1.54) is 6.07 Å². The second-order valence-corrected chi connectivity index (χ2v) is 4.15. The minimum atomic E-state index is -0.432. The predicted octanol–water partition coefficient (Wildman–Crippen LogP) is 2.11. The van der Waals surface area contributed by atoms with E-state index in [4.69, 9.17) is 0 Å². The number of pyridine rings is 1. The number of aromatic nitrogens is 1. The van der Waals surface area contributed by atoms with Crippen LogP contribution in [0.2, 0.25) is 0 Å². The van der Waals surface area contributed by atoms with Gasteiger partial charge in [0.25, 0.3) is 5.56 Å². The fraction of sp³-hybridized carbons (Fsp3) is 0.417. The highest BCUT2D eigenvalue weighted by atomic mass is 79.9. The first kappa shape index (κ1) is 13.8. The molecule has 0 saturated heterocycles. The molecule has 0 bridgehead atoms. The number of rotatable bonds is 5. The number of ketones is 2. The number of aromatic amines is 1. The molecule has 1 aromatic heterocycles. The number of halogens is 1. The zero-order chi connectivity index (χ0) is 13.0. The summed E-state index contributed by atoms with van der Waals surface area (Å²) >= 11 is 3.01. The van der Waals surface area contributed by atoms with Crippen molar-refractivity contribution in [1.82, 2.24) is 4.98 Å². The maximum Gasteiger partial charge on any atom is 0.259 e. The first-order valence-electron chi connectivity index (χ1n) is 5.43. The molecule has 1 rings (SSSR count). The van der Waals surface area contributed by atoms with Gasteiger partial charge in [0.05, 0.1) is 10.9 Å². The van der Waals surface area contributed by atoms with Gasteiger partial charge >= 0.3 is 0 Å². The van der Waals surface area contributed by atoms with Crippen molar-refractivity contribution in [3.05, 3.63) is 33.2 Å². The summed E-state index contributed by atoms with van der Waals surface area (Å²) in [5.41, 5.74) is 0.640. The van der Waals surface area contributed by atoms with Crippen LogP contribution in [0, 0.1) is 0 Å². The van der Waals surface area contributed by atoms with Crippen LogP contribution in [-0.4, -0.2) is 21.9 Å². The highest BCUT2D eigenvalue weighted by Gasteiger charge is 2.16. The summed E-state index contributed by atoms with van der Waals surface area (Å²) in [5.74, 6) is -0.388. The maximum atomic E-state index is 11.7. The molecule has 92 valence electrons. The molecule has 0 atom stereocenters. The Labute approximate surface area is 108 Å². The van der Waals surface area contributed by atoms with Gasteiger partial charge < -0.3 is 4.98 Å². The largest absolute Gasteiger partial charge is 0.325 e. The summed E-state index contributed by atoms with van der Waals surface area (Å²) in [6, 6.07) is 1.41. The molecule has 0 unspecified atom stereocenters. The Morgan fingerprint density at radius 1 is 1.24 bits per heavy atom. The van der Waals surface area contributed by atoms with E-state index < -0.39 is 5.56 Å². The van der Waals surface area contributed by atoms with Crippen molar-refractivity contribution >= 4 is 27.5 Å². The molecule has 17 heavy (non-hydrogen) atoms. The Hall–Kier alpha value is -1.23. The number of carbonyl (C=O) groups is 2. The smallest absolute Gasteiger partial charge is 0.259 e. The van der Waals surface area contributed by atoms with E-state index in [2.05, 4.69) is 20.9 Å². The van der Waals surface area contributed by atoms with E-state index in [1.54, 1.807) is 6.92 Å². The molecular formula is C12H14BrNO3. The van der Waals surface area contributed by atoms with Crippen LogP contribution in [0.15, 0.2) is 10.9 Å². The van der Waals surface area contributed by atoms with Crippen LogP contribution in [-0.2, 0) is 6.42 Å². The van der Waals surface area contributed by atoms with Crippen molar-refractivity contribution in [2.24, 2.45) is 0 Å². The van der Waals surface area contributed by atoms with Crippen LogP contribution in [0.3, 0.4) is 0 Å². The van der Waals surface area contributed by atoms with Crippen LogP contribution >= 0.6 is 15.9 Å². The normalized spacial score (nSPS) is 10.3. The highest BCUT2D eigenvalue weighted by Crippen LogP contribution is 2.11. The molecule has 1 heterocycles. The lowest BCUT2D eigenvalue weighted by Crippen LogP contribution is -2.22. The first-order chi connectivity index (χ1) is 8.04. The Morgan fingerprint density at radius 3 is 2.35 bits per heavy atom. The number of hydrogen-bond donors (Lipinski definition) is 1. The van der Waals surface area contributed by atoms with Gasteiger partial charge in [-0.1, -0.05) is 29.8 Å². The van der Waals surface area contributed by atoms with E-state index in [0.29, 0.717) is 24.1 Å². The lowest BCUT2D eigenvalue weighted by Gasteiger charge is -2.07. The molecule has 0 aliphatic carbocycles. The molecule has 0 amide bonds. The number of nitrogens with one attached hydrogen (secondary N) is 1. The average molecular weight is 300 g/mol. The van der Waals surface area contributed by atoms with Gasteiger partial charge in [-0.3, -0.25) is 14.4 Å². The van der Waals surface area contributed by atoms with Gasteiger partial charge in [-0.05, 0) is 12.5 Å². The van der Waals surface area contributed by atoms with Crippen molar-refractivity contribution in [2.75, 3.05) is 5.33 Å². The summed E-state index contributed by atoms with van der Waals surface area (Å²) in [6.45, 7) is 3.60. The molecule has 0 saturated carbocycles. The van der Waals surface area contributed by atoms with Gasteiger partial charge in [0.1, 0.15) is 0 Å². The fourth-order valence-electron chi connectivity index (χ4n) is 1.57. The van der Waals surface area contributed by atoms with E-state index >= 15 is 0 Å². The highest BCUT2D eigenvalue weighted by molar-refractivity contribution is 9.09.